The van der Waals surface area contributed by atoms with Crippen molar-refractivity contribution in [2.45, 2.75) is 24.8 Å². The number of nitrogens with one attached hydrogen (secondary N) is 3. The molecule has 0 fully saturated rings. The fourth-order valence-corrected chi connectivity index (χ4v) is 5.52. The van der Waals surface area contributed by atoms with Crippen molar-refractivity contribution in [3.63, 3.8) is 0 Å². The van der Waals surface area contributed by atoms with Crippen LogP contribution in [0.15, 0.2) is 77.7 Å². The molecule has 5 aromatic rings. The summed E-state index contributed by atoms with van der Waals surface area (Å²) >= 11 is 1.11. The van der Waals surface area contributed by atoms with Gasteiger partial charge in [0.15, 0.2) is 6.10 Å². The predicted molar refractivity (Wildman–Crippen MR) is 147 cm³/mol. The minimum atomic E-state index is -3.88. The number of aromatic nitrogens is 4. The number of sulfonamides is 1. The lowest BCUT2D eigenvalue weighted by Gasteiger charge is -2.15. The molecule has 5 rings (SSSR count). The fourth-order valence-electron chi connectivity index (χ4n) is 3.70. The van der Waals surface area contributed by atoms with E-state index in [1.807, 2.05) is 24.3 Å². The number of rotatable bonds is 8. The topological polar surface area (TPSA) is 156 Å². The molecule has 0 saturated carbocycles. The van der Waals surface area contributed by atoms with Crippen molar-refractivity contribution in [3.8, 4) is 11.4 Å². The number of para-hydroxylation sites is 2. The maximum atomic E-state index is 13.0. The summed E-state index contributed by atoms with van der Waals surface area (Å²) < 4.78 is 32.9. The van der Waals surface area contributed by atoms with Crippen molar-refractivity contribution in [1.29, 1.82) is 0 Å². The first-order valence-corrected chi connectivity index (χ1v) is 14.0. The highest BCUT2D eigenvalue weighted by Gasteiger charge is 2.23. The van der Waals surface area contributed by atoms with Gasteiger partial charge in [0.1, 0.15) is 10.8 Å². The minimum Gasteiger partial charge on any atom is -0.449 e. The van der Waals surface area contributed by atoms with E-state index in [1.54, 1.807) is 31.2 Å². The van der Waals surface area contributed by atoms with Gasteiger partial charge in [0, 0.05) is 11.3 Å². The Kier molecular flexibility index (Phi) is 7.09. The number of H-pyrrole nitrogens is 1. The SMILES string of the molecule is Cc1nnc(NS(=O)(=O)c2ccc(NC(=O)C(C)OC(=O)c3ccccc3-c3nc4ccccc4[nH]3)cc2)s1. The van der Waals surface area contributed by atoms with Gasteiger partial charge in [0.05, 0.1) is 21.5 Å². The van der Waals surface area contributed by atoms with E-state index in [1.165, 1.54) is 31.2 Å². The zero-order valence-corrected chi connectivity index (χ0v) is 22.3. The van der Waals surface area contributed by atoms with Gasteiger partial charge >= 0.3 is 5.97 Å². The molecule has 39 heavy (non-hydrogen) atoms. The Morgan fingerprint density at radius 3 is 2.41 bits per heavy atom. The van der Waals surface area contributed by atoms with Crippen LogP contribution in [0.3, 0.4) is 0 Å². The smallest absolute Gasteiger partial charge is 0.339 e. The van der Waals surface area contributed by atoms with Gasteiger partial charge in [-0.15, -0.1) is 10.2 Å². The fraction of sp³-hybridized carbons (Fsp3) is 0.115. The molecular formula is C26H22N6O5S2. The molecule has 3 aromatic carbocycles. The number of hydrogen-bond donors (Lipinski definition) is 3. The number of esters is 1. The Hall–Kier alpha value is -4.62. The van der Waals surface area contributed by atoms with E-state index in [0.717, 1.165) is 22.4 Å². The van der Waals surface area contributed by atoms with Gasteiger partial charge in [-0.3, -0.25) is 9.52 Å². The number of aromatic amines is 1. The highest BCUT2D eigenvalue weighted by molar-refractivity contribution is 7.93. The maximum absolute atomic E-state index is 13.0. The van der Waals surface area contributed by atoms with Gasteiger partial charge in [-0.25, -0.2) is 18.2 Å². The Morgan fingerprint density at radius 2 is 1.69 bits per heavy atom. The summed E-state index contributed by atoms with van der Waals surface area (Å²) in [6, 6.07) is 19.9. The van der Waals surface area contributed by atoms with E-state index < -0.39 is 28.0 Å². The second-order valence-corrected chi connectivity index (χ2v) is 11.3. The number of carbonyl (C=O) groups excluding carboxylic acids is 2. The molecule has 2 heterocycles. The largest absolute Gasteiger partial charge is 0.449 e. The standard InChI is InChI=1S/C26H22N6O5S2/c1-15(24(33)27-17-11-13-18(14-12-17)39(35,36)32-26-31-30-16(2)38-26)37-25(34)20-8-4-3-7-19(20)23-28-21-9-5-6-10-22(21)29-23/h3-15H,1-2H3,(H,27,33)(H,28,29)(H,31,32). The zero-order valence-electron chi connectivity index (χ0n) is 20.7. The highest BCUT2D eigenvalue weighted by atomic mass is 32.2. The number of carbonyl (C=O) groups is 2. The first-order chi connectivity index (χ1) is 18.7. The first-order valence-electron chi connectivity index (χ1n) is 11.7. The molecule has 13 heteroatoms. The number of amides is 1. The van der Waals surface area contributed by atoms with Crippen molar-refractivity contribution in [3.05, 3.63) is 83.4 Å². The molecule has 0 spiro atoms. The number of benzene rings is 3. The predicted octanol–water partition coefficient (Wildman–Crippen LogP) is 4.37. The summed E-state index contributed by atoms with van der Waals surface area (Å²) in [4.78, 5) is 33.5. The van der Waals surface area contributed by atoms with Gasteiger partial charge in [-0.05, 0) is 56.3 Å². The van der Waals surface area contributed by atoms with Crippen LogP contribution >= 0.6 is 11.3 Å². The third-order valence-electron chi connectivity index (χ3n) is 5.62. The molecule has 1 unspecified atom stereocenters. The van der Waals surface area contributed by atoms with Crippen LogP contribution in [-0.2, 0) is 19.6 Å². The number of fused-ring (bicyclic) bond motifs is 1. The summed E-state index contributed by atoms with van der Waals surface area (Å²) in [5, 5.41) is 10.9. The van der Waals surface area contributed by atoms with Gasteiger partial charge in [-0.2, -0.15) is 0 Å². The Balaban J connectivity index is 1.24. The quantitative estimate of drug-likeness (QED) is 0.235. The van der Waals surface area contributed by atoms with Crippen LogP contribution in [0, 0.1) is 6.92 Å². The maximum Gasteiger partial charge on any atom is 0.339 e. The summed E-state index contributed by atoms with van der Waals surface area (Å²) in [6.07, 6.45) is -1.13. The number of aryl methyl sites for hydroxylation is 1. The van der Waals surface area contributed by atoms with E-state index in [0.29, 0.717) is 22.1 Å². The Morgan fingerprint density at radius 1 is 0.974 bits per heavy atom. The van der Waals surface area contributed by atoms with Crippen molar-refractivity contribution in [1.82, 2.24) is 20.2 Å². The average Bonchev–Trinajstić information content (AvgIpc) is 3.54. The normalized spacial score (nSPS) is 12.2. The van der Waals surface area contributed by atoms with Crippen LogP contribution in [0.4, 0.5) is 10.8 Å². The van der Waals surface area contributed by atoms with Gasteiger partial charge < -0.3 is 15.0 Å². The van der Waals surface area contributed by atoms with Gasteiger partial charge in [0.25, 0.3) is 15.9 Å². The second kappa shape index (κ2) is 10.6. The van der Waals surface area contributed by atoms with Crippen molar-refractivity contribution in [2.24, 2.45) is 0 Å². The van der Waals surface area contributed by atoms with Gasteiger partial charge in [-0.1, -0.05) is 41.7 Å². The number of imidazole rings is 1. The van der Waals surface area contributed by atoms with E-state index in [2.05, 4.69) is 30.2 Å². The molecule has 3 N–H and O–H groups in total. The molecule has 0 saturated heterocycles. The lowest BCUT2D eigenvalue weighted by molar-refractivity contribution is -0.123. The summed E-state index contributed by atoms with van der Waals surface area (Å²) in [7, 11) is -3.88. The number of hydrogen-bond acceptors (Lipinski definition) is 9. The van der Waals surface area contributed by atoms with Crippen molar-refractivity contribution < 1.29 is 22.7 Å². The van der Waals surface area contributed by atoms with Crippen LogP contribution in [0.25, 0.3) is 22.4 Å². The summed E-state index contributed by atoms with van der Waals surface area (Å²) in [5.41, 5.74) is 2.71. The molecule has 2 aromatic heterocycles. The van der Waals surface area contributed by atoms with Crippen LogP contribution in [0.2, 0.25) is 0 Å². The zero-order chi connectivity index (χ0) is 27.6. The van der Waals surface area contributed by atoms with E-state index in [4.69, 9.17) is 4.74 Å². The number of nitrogens with zero attached hydrogens (tertiary/aromatic N) is 3. The van der Waals surface area contributed by atoms with Crippen molar-refractivity contribution >= 4 is 55.1 Å². The minimum absolute atomic E-state index is 0.0185. The van der Waals surface area contributed by atoms with E-state index in [9.17, 15) is 18.0 Å². The Labute approximate surface area is 227 Å². The summed E-state index contributed by atoms with van der Waals surface area (Å²) in [5.74, 6) is -0.762. The molecule has 0 radical (unpaired) electrons. The van der Waals surface area contributed by atoms with Crippen molar-refractivity contribution in [2.75, 3.05) is 10.0 Å². The molecule has 198 valence electrons. The van der Waals surface area contributed by atoms with Gasteiger partial charge in [0.2, 0.25) is 5.13 Å². The molecule has 0 bridgehead atoms. The first kappa shape index (κ1) is 26.0. The molecule has 0 aliphatic carbocycles. The molecule has 1 amide bonds. The summed E-state index contributed by atoms with van der Waals surface area (Å²) in [6.45, 7) is 3.16. The monoisotopic (exact) mass is 562 g/mol. The third-order valence-corrected chi connectivity index (χ3v) is 7.86. The van der Waals surface area contributed by atoms with Crippen LogP contribution in [0.1, 0.15) is 22.3 Å². The molecular weight excluding hydrogens is 540 g/mol. The molecule has 0 aliphatic rings. The second-order valence-electron chi connectivity index (χ2n) is 8.44. The van der Waals surface area contributed by atoms with Crippen LogP contribution in [-0.4, -0.2) is 46.6 Å². The lowest BCUT2D eigenvalue weighted by Crippen LogP contribution is -2.30. The van der Waals surface area contributed by atoms with E-state index in [-0.39, 0.29) is 15.6 Å². The lowest BCUT2D eigenvalue weighted by atomic mass is 10.1. The van der Waals surface area contributed by atoms with Crippen LogP contribution < -0.4 is 10.0 Å². The Bertz CT molecular complexity index is 1750. The van der Waals surface area contributed by atoms with Crippen LogP contribution in [0.5, 0.6) is 0 Å². The molecule has 1 atom stereocenters. The third kappa shape index (κ3) is 5.78. The molecule has 0 aliphatic heterocycles. The number of ether oxygens (including phenoxy) is 1. The molecule has 11 nitrogen and oxygen atoms in total. The highest BCUT2D eigenvalue weighted by Crippen LogP contribution is 2.25. The average molecular weight is 563 g/mol. The van der Waals surface area contributed by atoms with E-state index >= 15 is 0 Å². The number of anilines is 2.